The number of esters is 1. The number of aromatic hydroxyl groups is 2. The Morgan fingerprint density at radius 3 is 2.03 bits per heavy atom. The molecule has 4 bridgehead atoms. The summed E-state index contributed by atoms with van der Waals surface area (Å²) in [6.45, 7) is 19.1. The van der Waals surface area contributed by atoms with E-state index in [-0.39, 0.29) is 69.1 Å². The van der Waals surface area contributed by atoms with Gasteiger partial charge in [0.1, 0.15) is 70.6 Å². The fraction of sp³-hybridized carbons (Fsp3) is 0.703. The Morgan fingerprint density at radius 2 is 1.43 bits per heavy atom. The number of Topliss-reactive ketones (excluding diaryl/α,β-unsaturated/α-hetero) is 1. The predicted octanol–water partition coefficient (Wildman–Crippen LogP) is -1.55. The number of nitrogens with two attached hydrogens (primary N) is 5. The zero-order valence-corrected chi connectivity index (χ0v) is 54.8. The molecule has 4 fully saturated rings. The number of phenols is 2. The summed E-state index contributed by atoms with van der Waals surface area (Å²) in [6.07, 6.45) is -5.69. The SMILES string of the molecule is CO[C@@H]1/C=C\O[C@@]2(C)Oc3c(C)c(O)c4c(O)c(c5c(c4c3C2=O)NC2(CCN(CC(C)C)CC2)N=5)=NC(=O)/C(C)=C\C=C/[C@@H](C)[C@@H](O)[C@H](C)[C@H](O)[C@H](C)[C@H](OC(C)=O)[C@@H]1C.NC[C@H]1O[C@H](O[C@H]2[C@H](O)[C@@H](O[C@H]3O[C@H](CO)[C@@H](O)[C@H](N)[C@H]3O)[C@H](N)C[C@@H]2N)[C@H](N)C[C@@H]1O. The summed E-state index contributed by atoms with van der Waals surface area (Å²) in [5.74, 6) is -6.57. The Labute approximate surface area is 540 Å². The van der Waals surface area contributed by atoms with Crippen LogP contribution in [-0.2, 0) is 42.7 Å². The van der Waals surface area contributed by atoms with E-state index in [1.165, 1.54) is 27.2 Å². The van der Waals surface area contributed by atoms with E-state index >= 15 is 0 Å². The lowest BCUT2D eigenvalue weighted by Gasteiger charge is -2.47. The van der Waals surface area contributed by atoms with Gasteiger partial charge in [0.05, 0.1) is 72.1 Å². The average Bonchev–Trinajstić information content (AvgIpc) is 1.57. The van der Waals surface area contributed by atoms with E-state index in [0.29, 0.717) is 24.4 Å². The normalized spacial score (nSPS) is 39.5. The zero-order chi connectivity index (χ0) is 68.6. The van der Waals surface area contributed by atoms with Crippen LogP contribution in [0.2, 0.25) is 0 Å². The summed E-state index contributed by atoms with van der Waals surface area (Å²) in [4.78, 5) is 52.9. The molecule has 29 nitrogen and oxygen atoms in total. The van der Waals surface area contributed by atoms with Gasteiger partial charge in [-0.3, -0.25) is 19.4 Å². The van der Waals surface area contributed by atoms with Crippen LogP contribution in [0.4, 0.5) is 5.69 Å². The van der Waals surface area contributed by atoms with E-state index < -0.39 is 175 Å². The van der Waals surface area contributed by atoms with Crippen molar-refractivity contribution in [2.75, 3.05) is 45.2 Å². The Kier molecular flexibility index (Phi) is 23.6. The van der Waals surface area contributed by atoms with E-state index in [4.69, 9.17) is 71.6 Å². The van der Waals surface area contributed by atoms with Crippen LogP contribution in [0.15, 0.2) is 46.1 Å². The van der Waals surface area contributed by atoms with E-state index in [0.717, 1.165) is 19.6 Å². The number of aliphatic hydroxyl groups excluding tert-OH is 7. The predicted molar refractivity (Wildman–Crippen MR) is 336 cm³/mol. The van der Waals surface area contributed by atoms with Crippen LogP contribution < -0.4 is 49.4 Å². The van der Waals surface area contributed by atoms with Gasteiger partial charge in [-0.15, -0.1) is 0 Å². The number of nitrogens with one attached hydrogen (secondary N) is 1. The number of fused-ring (bicyclic) bond motifs is 1. The van der Waals surface area contributed by atoms with Crippen molar-refractivity contribution in [3.8, 4) is 17.2 Å². The number of hydrogen-bond donors (Lipinski definition) is 15. The van der Waals surface area contributed by atoms with Gasteiger partial charge in [0.2, 0.25) is 0 Å². The maximum absolute atomic E-state index is 14.7. The first-order chi connectivity index (χ1) is 43.7. The number of carbonyl (C=O) groups is 3. The smallest absolute Gasteiger partial charge is 0.312 e. The second-order valence-corrected chi connectivity index (χ2v) is 26.8. The summed E-state index contributed by atoms with van der Waals surface area (Å²) in [5.41, 5.74) is 29.7. The van der Waals surface area contributed by atoms with Crippen LogP contribution in [0.3, 0.4) is 0 Å². The van der Waals surface area contributed by atoms with Gasteiger partial charge >= 0.3 is 11.8 Å². The summed E-state index contributed by atoms with van der Waals surface area (Å²) in [5, 5.41) is 101. The number of nitrogens with zero attached hydrogens (tertiary/aromatic N) is 3. The number of carbonyl (C=O) groups excluding carboxylic acids is 3. The molecule has 29 heteroatoms. The number of likely N-dealkylation sites (tertiary alicyclic amines) is 1. The summed E-state index contributed by atoms with van der Waals surface area (Å²) in [7, 11) is 1.47. The largest absolute Gasteiger partial charge is 0.507 e. The van der Waals surface area contributed by atoms with Crippen LogP contribution in [0, 0.1) is 36.5 Å². The molecule has 2 aromatic rings. The molecule has 1 amide bonds. The van der Waals surface area contributed by atoms with Crippen LogP contribution >= 0.6 is 0 Å². The van der Waals surface area contributed by atoms with E-state index in [9.17, 15) is 60.3 Å². The van der Waals surface area contributed by atoms with Gasteiger partial charge < -0.3 is 123 Å². The number of anilines is 1. The molecule has 520 valence electrons. The molecule has 0 radical (unpaired) electrons. The lowest BCUT2D eigenvalue weighted by atomic mass is 9.78. The third-order valence-corrected chi connectivity index (χ3v) is 19.3. The molecule has 6 heterocycles. The number of phenolic OH excluding ortho intramolecular Hbond substituents is 2. The second kappa shape index (κ2) is 29.9. The van der Waals surface area contributed by atoms with Crippen molar-refractivity contribution in [3.05, 3.63) is 58.0 Å². The van der Waals surface area contributed by atoms with Gasteiger partial charge in [-0.2, -0.15) is 0 Å². The van der Waals surface area contributed by atoms with Crippen LogP contribution in [-0.4, -0.2) is 230 Å². The molecule has 9 rings (SSSR count). The van der Waals surface area contributed by atoms with Crippen LogP contribution in [0.5, 0.6) is 17.2 Å². The van der Waals surface area contributed by atoms with Crippen molar-refractivity contribution >= 4 is 34.1 Å². The summed E-state index contributed by atoms with van der Waals surface area (Å²) >= 11 is 0. The van der Waals surface area contributed by atoms with Crippen molar-refractivity contribution in [3.63, 3.8) is 0 Å². The van der Waals surface area contributed by atoms with E-state index in [1.54, 1.807) is 65.8 Å². The molecule has 0 aromatic heterocycles. The number of amides is 1. The summed E-state index contributed by atoms with van der Waals surface area (Å²) < 4.78 is 46.7. The molecule has 2 aromatic carbocycles. The Balaban J connectivity index is 0.000000291. The minimum absolute atomic E-state index is 0.0538. The maximum atomic E-state index is 14.7. The molecule has 93 heavy (non-hydrogen) atoms. The third kappa shape index (κ3) is 15.1. The Morgan fingerprint density at radius 1 is 0.796 bits per heavy atom. The van der Waals surface area contributed by atoms with Crippen molar-refractivity contribution < 1.29 is 98.2 Å². The standard InChI is InChI=1S/C46H62N4O11.C18H37N5O9/c1-22(2)21-50-18-16-46(17-19-50)48-34-31-32-39(54)28(8)42-33(31)43(56)45(10,61-42)59-20-15-30(58-11)25(5)41(60-29(9)51)27(7)38(53)26(6)37(52)23(3)13-12-14-24(4)44(57)47-36(40(32)55)35(34)49-46;19-3-9-8(25)2-7(22)17(29-9)31-15-5(20)1-6(21)16(14(15)28)32-18-13(27)11(23)12(26)10(4-24)30-18/h12-15,20,22-23,25-27,30,37-38,41,48,52-55H,16-19,21H2,1-11H3;5-18,24-28H,1-4,19-23H2/b13-12-,20-15-,24-14-,47-36?;/t23-,25-,26+,27+,30-,37-,38+,41-,45+;5-,6+,7+,8-,9+,10+,11-,12+,13+,14-,15+,16-,17+,18+/m10/s1. The maximum Gasteiger partial charge on any atom is 0.312 e. The van der Waals surface area contributed by atoms with Crippen LogP contribution in [0.1, 0.15) is 104 Å². The van der Waals surface area contributed by atoms with Crippen molar-refractivity contribution in [2.45, 2.75) is 216 Å². The molecule has 1 saturated carbocycles. The number of methoxy groups -OCH3 is 1. The van der Waals surface area contributed by atoms with Gasteiger partial charge in [-0.05, 0) is 38.7 Å². The van der Waals surface area contributed by atoms with Crippen molar-refractivity contribution in [1.82, 2.24) is 4.90 Å². The molecule has 6 aliphatic heterocycles. The van der Waals surface area contributed by atoms with Crippen molar-refractivity contribution in [2.24, 2.45) is 68.2 Å². The van der Waals surface area contributed by atoms with Gasteiger partial charge in [-0.25, -0.2) is 4.99 Å². The number of ketones is 1. The average molecular weight is 1310 g/mol. The van der Waals surface area contributed by atoms with Gasteiger partial charge in [0, 0.05) is 112 Å². The molecule has 1 spiro atoms. The lowest BCUT2D eigenvalue weighted by Crippen LogP contribution is -2.68. The molecule has 20 N–H and O–H groups in total. The highest BCUT2D eigenvalue weighted by Crippen LogP contribution is 2.51. The summed E-state index contributed by atoms with van der Waals surface area (Å²) in [6, 6.07) is -3.27. The first kappa shape index (κ1) is 73.4. The van der Waals surface area contributed by atoms with E-state index in [2.05, 4.69) is 29.1 Å². The quantitative estimate of drug-likeness (QED) is 0.0946. The highest BCUT2D eigenvalue weighted by atomic mass is 16.7. The number of aliphatic hydroxyl groups is 7. The zero-order valence-electron chi connectivity index (χ0n) is 54.8. The minimum Gasteiger partial charge on any atom is -0.507 e. The number of hydrogen-bond acceptors (Lipinski definition) is 28. The molecular weight excluding hydrogens is 1210 g/mol. The number of rotatable bonds is 10. The molecule has 3 saturated heterocycles. The molecule has 0 unspecified atom stereocenters. The number of ether oxygens (including phenoxy) is 8. The molecule has 1 aliphatic carbocycles. The Hall–Kier alpha value is -5.39. The lowest BCUT2D eigenvalue weighted by molar-refractivity contribution is -0.314. The molecule has 23 atom stereocenters. The molecule has 7 aliphatic rings. The topological polar surface area (TPSA) is 477 Å². The second-order valence-electron chi connectivity index (χ2n) is 26.8. The Bertz CT molecular complexity index is 3240. The first-order valence-corrected chi connectivity index (χ1v) is 32.0. The fourth-order valence-corrected chi connectivity index (χ4v) is 13.7. The third-order valence-electron chi connectivity index (χ3n) is 19.3. The van der Waals surface area contributed by atoms with Gasteiger partial charge in [-0.1, -0.05) is 59.8 Å². The highest BCUT2D eigenvalue weighted by molar-refractivity contribution is 6.21. The van der Waals surface area contributed by atoms with Crippen molar-refractivity contribution in [1.29, 1.82) is 0 Å². The molecular formula is C64H99N9O20. The highest BCUT2D eigenvalue weighted by Gasteiger charge is 2.53. The first-order valence-electron chi connectivity index (χ1n) is 32.0. The van der Waals surface area contributed by atoms with Gasteiger partial charge in [0.15, 0.2) is 18.3 Å². The number of piperidine rings is 1. The minimum atomic E-state index is -1.95. The fourth-order valence-electron chi connectivity index (χ4n) is 13.7. The van der Waals surface area contributed by atoms with Crippen LogP contribution in [0.25, 0.3) is 10.8 Å². The van der Waals surface area contributed by atoms with Gasteiger partial charge in [0.25, 0.3) is 11.7 Å². The monoisotopic (exact) mass is 1310 g/mol. The van der Waals surface area contributed by atoms with E-state index in [1.807, 2.05) is 0 Å². The number of allylic oxidation sites excluding steroid dienone is 2. The number of benzene rings is 2.